The average Bonchev–Trinajstić information content (AvgIpc) is 2.92. The summed E-state index contributed by atoms with van der Waals surface area (Å²) in [5.41, 5.74) is -1.95. The van der Waals surface area contributed by atoms with Crippen LogP contribution in [-0.2, 0) is 9.59 Å². The highest BCUT2D eigenvalue weighted by Gasteiger charge is 2.48. The summed E-state index contributed by atoms with van der Waals surface area (Å²) in [5, 5.41) is 11.5. The van der Waals surface area contributed by atoms with Gasteiger partial charge in [-0.15, -0.1) is 0 Å². The Morgan fingerprint density at radius 3 is 0.975 bits per heavy atom. The highest BCUT2D eigenvalue weighted by molar-refractivity contribution is 7.17. The number of ketones is 2. The quantitative estimate of drug-likeness (QED) is 0.0396. The number of hydrogen-bond acceptors (Lipinski definition) is 3. The Morgan fingerprint density at radius 1 is 0.525 bits per heavy atom. The highest BCUT2D eigenvalue weighted by Crippen LogP contribution is 2.30. The molecule has 0 spiro atoms. The van der Waals surface area contributed by atoms with Crippen molar-refractivity contribution in [2.45, 2.75) is 192 Å². The fourth-order valence-corrected chi connectivity index (χ4v) is 5.98. The largest absolute Gasteiger partial charge is 0.488 e. The zero-order valence-electron chi connectivity index (χ0n) is 27.7. The van der Waals surface area contributed by atoms with Gasteiger partial charge in [-0.1, -0.05) is 155 Å². The molecule has 0 aliphatic heterocycles. The molecule has 0 saturated carbocycles. The standard InChI is InChI=1S/C35H70NO3P/c1-6-8-10-12-14-16-18-20-22-24-26-28-30-32(37)35(39,34(40)36(3,4)5)33(38)31-29-27-25-23-21-19-17-15-13-11-9-7-2/h34,39-40H,6-31H2,1-5H3. The number of aliphatic hydroxyl groups is 1. The molecule has 0 radical (unpaired) electrons. The van der Waals surface area contributed by atoms with E-state index >= 15 is 0 Å². The molecule has 0 aliphatic carbocycles. The van der Waals surface area contributed by atoms with Gasteiger partial charge in [-0.05, 0) is 12.8 Å². The number of nitrogens with zero attached hydrogens (tertiary/aromatic N) is 1. The lowest BCUT2D eigenvalue weighted by atomic mass is 9.85. The van der Waals surface area contributed by atoms with Crippen LogP contribution >= 0.6 is 9.24 Å². The fraction of sp³-hybridized carbons (Fsp3) is 0.943. The minimum Gasteiger partial charge on any atom is -0.488 e. The van der Waals surface area contributed by atoms with E-state index in [2.05, 4.69) is 23.1 Å². The molecule has 4 nitrogen and oxygen atoms in total. The lowest BCUT2D eigenvalue weighted by molar-refractivity contribution is -0.885. The molecule has 0 bridgehead atoms. The summed E-state index contributed by atoms with van der Waals surface area (Å²) >= 11 is 0. The van der Waals surface area contributed by atoms with Crippen LogP contribution in [0.25, 0.3) is 0 Å². The minimum atomic E-state index is -1.95. The van der Waals surface area contributed by atoms with Crippen molar-refractivity contribution in [1.29, 1.82) is 0 Å². The predicted molar refractivity (Wildman–Crippen MR) is 176 cm³/mol. The van der Waals surface area contributed by atoms with Gasteiger partial charge >= 0.3 is 0 Å². The fourth-order valence-electron chi connectivity index (χ4n) is 5.66. The molecule has 0 rings (SSSR count). The van der Waals surface area contributed by atoms with Crippen molar-refractivity contribution in [2.24, 2.45) is 0 Å². The first-order chi connectivity index (χ1) is 19.1. The lowest BCUT2D eigenvalue weighted by Gasteiger charge is -2.46. The molecule has 0 aromatic heterocycles. The Labute approximate surface area is 253 Å². The highest BCUT2D eigenvalue weighted by atomic mass is 31.0. The average molecular weight is 584 g/mol. The zero-order chi connectivity index (χ0) is 30.1. The number of Topliss-reactive ketones (excluding diaryl/α,β-unsaturated/α-hetero) is 2. The minimum absolute atomic E-state index is 0.277. The molecule has 0 saturated heterocycles. The van der Waals surface area contributed by atoms with Crippen LogP contribution in [0.3, 0.4) is 0 Å². The van der Waals surface area contributed by atoms with E-state index < -0.39 is 11.4 Å². The van der Waals surface area contributed by atoms with Crippen LogP contribution in [0.1, 0.15) is 181 Å². The molecule has 238 valence electrons. The number of unbranched alkanes of at least 4 members (excludes halogenated alkanes) is 22. The molecule has 40 heavy (non-hydrogen) atoms. The third-order valence-corrected chi connectivity index (χ3v) is 9.73. The second kappa shape index (κ2) is 25.2. The van der Waals surface area contributed by atoms with Crippen molar-refractivity contribution in [3.8, 4) is 0 Å². The molecule has 0 amide bonds. The summed E-state index contributed by atoms with van der Waals surface area (Å²) in [4.78, 5) is 26.6. The third-order valence-electron chi connectivity index (χ3n) is 8.54. The summed E-state index contributed by atoms with van der Waals surface area (Å²) in [6, 6.07) is 0. The molecule has 0 aromatic carbocycles. The van der Waals surface area contributed by atoms with Gasteiger partial charge in [0, 0.05) is 18.6 Å². The van der Waals surface area contributed by atoms with Crippen molar-refractivity contribution < 1.29 is 19.2 Å². The van der Waals surface area contributed by atoms with Gasteiger partial charge in [0.2, 0.25) is 5.60 Å². The third kappa shape index (κ3) is 19.0. The first-order valence-corrected chi connectivity index (χ1v) is 18.0. The lowest BCUT2D eigenvalue weighted by Crippen LogP contribution is -2.63. The second-order valence-corrected chi connectivity index (χ2v) is 14.0. The SMILES string of the molecule is CCCCCCCCCCCCCCC(=O)C(O)(C(=O)CCCCCCCCCCCCCC)C([PH-])[N+](C)(C)C. The topological polar surface area (TPSA) is 54.4 Å². The van der Waals surface area contributed by atoms with Crippen molar-refractivity contribution in [1.82, 2.24) is 0 Å². The molecule has 5 heteroatoms. The molecule has 1 atom stereocenters. The van der Waals surface area contributed by atoms with Crippen molar-refractivity contribution >= 4 is 20.8 Å². The van der Waals surface area contributed by atoms with Gasteiger partial charge in [0.15, 0.2) is 11.6 Å². The van der Waals surface area contributed by atoms with E-state index in [1.807, 2.05) is 21.1 Å². The van der Waals surface area contributed by atoms with Crippen LogP contribution in [0.2, 0.25) is 0 Å². The Hall–Kier alpha value is -0.310. The second-order valence-electron chi connectivity index (χ2n) is 13.4. The molecule has 0 aliphatic rings. The number of likely N-dealkylation sites (N-methyl/N-ethyl adjacent to an activating group) is 1. The summed E-state index contributed by atoms with van der Waals surface area (Å²) in [5.74, 6) is -1.27. The molecule has 0 fully saturated rings. The van der Waals surface area contributed by atoms with Crippen LogP contribution in [0.5, 0.6) is 0 Å². The van der Waals surface area contributed by atoms with Crippen molar-refractivity contribution in [2.75, 3.05) is 21.1 Å². The molecular weight excluding hydrogens is 513 g/mol. The van der Waals surface area contributed by atoms with Crippen LogP contribution in [0.15, 0.2) is 0 Å². The number of rotatable bonds is 30. The Balaban J connectivity index is 4.31. The Bertz CT molecular complexity index is 576. The Morgan fingerprint density at radius 2 is 0.750 bits per heavy atom. The van der Waals surface area contributed by atoms with E-state index in [9.17, 15) is 14.7 Å². The summed E-state index contributed by atoms with van der Waals surface area (Å²) in [6.45, 7) is 4.52. The van der Waals surface area contributed by atoms with E-state index in [-0.39, 0.29) is 24.4 Å². The molecule has 1 unspecified atom stereocenters. The molecular formula is C35H70NO3P. The maximum atomic E-state index is 13.3. The van der Waals surface area contributed by atoms with E-state index in [1.54, 1.807) is 0 Å². The maximum Gasteiger partial charge on any atom is 0.204 e. The summed E-state index contributed by atoms with van der Waals surface area (Å²) < 4.78 is 0.307. The number of quaternary nitrogens is 1. The van der Waals surface area contributed by atoms with Gasteiger partial charge in [-0.3, -0.25) is 9.59 Å². The van der Waals surface area contributed by atoms with E-state index in [0.717, 1.165) is 38.5 Å². The first-order valence-electron chi connectivity index (χ1n) is 17.4. The number of carbonyl (C=O) groups excluding carboxylic acids is 2. The van der Waals surface area contributed by atoms with E-state index in [0.29, 0.717) is 4.48 Å². The summed E-state index contributed by atoms with van der Waals surface area (Å²) in [7, 11) is 9.36. The molecule has 0 heterocycles. The number of carbonyl (C=O) groups is 2. The predicted octanol–water partition coefficient (Wildman–Crippen LogP) is 10.2. The van der Waals surface area contributed by atoms with Crippen LogP contribution in [0.4, 0.5) is 0 Å². The van der Waals surface area contributed by atoms with Gasteiger partial charge in [0.25, 0.3) is 0 Å². The van der Waals surface area contributed by atoms with E-state index in [1.165, 1.54) is 116 Å². The van der Waals surface area contributed by atoms with Gasteiger partial charge in [0.1, 0.15) is 0 Å². The monoisotopic (exact) mass is 584 g/mol. The Kier molecular flexibility index (Phi) is 25.0. The molecule has 0 aromatic rings. The van der Waals surface area contributed by atoms with Gasteiger partial charge in [0.05, 0.1) is 21.1 Å². The van der Waals surface area contributed by atoms with Crippen molar-refractivity contribution in [3.63, 3.8) is 0 Å². The zero-order valence-corrected chi connectivity index (χ0v) is 28.7. The molecule has 1 N–H and O–H groups in total. The van der Waals surface area contributed by atoms with Crippen LogP contribution in [-0.4, -0.2) is 53.7 Å². The first kappa shape index (κ1) is 39.7. The van der Waals surface area contributed by atoms with Gasteiger partial charge < -0.3 is 18.8 Å². The summed E-state index contributed by atoms with van der Waals surface area (Å²) in [6.07, 6.45) is 30.1. The number of hydrogen-bond donors (Lipinski definition) is 1. The van der Waals surface area contributed by atoms with Gasteiger partial charge in [-0.2, -0.15) is 0 Å². The van der Waals surface area contributed by atoms with E-state index in [4.69, 9.17) is 0 Å². The smallest absolute Gasteiger partial charge is 0.204 e. The normalized spacial score (nSPS) is 13.1. The van der Waals surface area contributed by atoms with Crippen LogP contribution < -0.4 is 0 Å². The van der Waals surface area contributed by atoms with Gasteiger partial charge in [-0.25, -0.2) is 0 Å². The van der Waals surface area contributed by atoms with Crippen molar-refractivity contribution in [3.05, 3.63) is 0 Å². The maximum absolute atomic E-state index is 13.3. The van der Waals surface area contributed by atoms with Crippen LogP contribution in [0, 0.1) is 0 Å².